The van der Waals surface area contributed by atoms with Gasteiger partial charge in [0.25, 0.3) is 5.92 Å². The molecule has 1 aromatic heterocycles. The standard InChI is InChI=1S/C22H22ClF2N5O2/c1-26-13-22(24,25)14-5-7-15(8-6-14)30-11-9-19(29-30)28-21(31)27-18-10-12-32-20-16(18)3-2-4-17(20)23/h2-9,11,18,26H,10,12-13H2,1H3,(H2,27,28,29,31)/t18-/m0/s1. The highest BCUT2D eigenvalue weighted by Gasteiger charge is 2.30. The number of likely N-dealkylation sites (N-methyl/N-ethyl adjacent to an activating group) is 1. The molecule has 2 amide bonds. The Morgan fingerprint density at radius 3 is 2.78 bits per heavy atom. The van der Waals surface area contributed by atoms with Gasteiger partial charge in [-0.2, -0.15) is 8.78 Å². The number of carbonyl (C=O) groups excluding carboxylic acids is 1. The van der Waals surface area contributed by atoms with E-state index in [9.17, 15) is 13.6 Å². The van der Waals surface area contributed by atoms with Crippen molar-refractivity contribution in [1.29, 1.82) is 0 Å². The number of nitrogens with zero attached hydrogens (tertiary/aromatic N) is 2. The van der Waals surface area contributed by atoms with E-state index < -0.39 is 18.5 Å². The number of amides is 2. The molecule has 168 valence electrons. The van der Waals surface area contributed by atoms with Crippen LogP contribution in [0.15, 0.2) is 54.7 Å². The Morgan fingerprint density at radius 1 is 1.25 bits per heavy atom. The van der Waals surface area contributed by atoms with Crippen LogP contribution in [-0.2, 0) is 5.92 Å². The molecule has 1 aliphatic rings. The number of ether oxygens (including phenoxy) is 1. The Morgan fingerprint density at radius 2 is 2.03 bits per heavy atom. The first-order valence-corrected chi connectivity index (χ1v) is 10.4. The monoisotopic (exact) mass is 461 g/mol. The molecule has 0 spiro atoms. The summed E-state index contributed by atoms with van der Waals surface area (Å²) in [7, 11) is 1.48. The average Bonchev–Trinajstić information content (AvgIpc) is 3.23. The van der Waals surface area contributed by atoms with Crippen LogP contribution in [-0.4, -0.2) is 36.0 Å². The van der Waals surface area contributed by atoms with Gasteiger partial charge in [-0.1, -0.05) is 35.9 Å². The van der Waals surface area contributed by atoms with Crippen LogP contribution in [0, 0.1) is 0 Å². The zero-order valence-electron chi connectivity index (χ0n) is 17.2. The van der Waals surface area contributed by atoms with Crippen molar-refractivity contribution < 1.29 is 18.3 Å². The second-order valence-corrected chi connectivity index (χ2v) is 7.78. The van der Waals surface area contributed by atoms with Gasteiger partial charge in [0.15, 0.2) is 5.82 Å². The van der Waals surface area contributed by atoms with Crippen LogP contribution in [0.5, 0.6) is 5.75 Å². The minimum absolute atomic E-state index is 0.0858. The highest BCUT2D eigenvalue weighted by Crippen LogP contribution is 2.37. The van der Waals surface area contributed by atoms with Crippen molar-refractivity contribution in [3.63, 3.8) is 0 Å². The van der Waals surface area contributed by atoms with Crippen LogP contribution in [0.25, 0.3) is 5.69 Å². The molecule has 0 saturated heterocycles. The summed E-state index contributed by atoms with van der Waals surface area (Å²) in [4.78, 5) is 12.5. The number of hydrogen-bond donors (Lipinski definition) is 3. The molecule has 1 atom stereocenters. The highest BCUT2D eigenvalue weighted by molar-refractivity contribution is 6.32. The fourth-order valence-corrected chi connectivity index (χ4v) is 3.80. The van der Waals surface area contributed by atoms with Crippen molar-refractivity contribution in [3.8, 4) is 11.4 Å². The maximum Gasteiger partial charge on any atom is 0.320 e. The van der Waals surface area contributed by atoms with E-state index >= 15 is 0 Å². The quantitative estimate of drug-likeness (QED) is 0.505. The predicted octanol–water partition coefficient (Wildman–Crippen LogP) is 4.48. The fraction of sp³-hybridized carbons (Fsp3) is 0.273. The van der Waals surface area contributed by atoms with Crippen LogP contribution in [0.3, 0.4) is 0 Å². The summed E-state index contributed by atoms with van der Waals surface area (Å²) in [6, 6.07) is 12.2. The molecule has 0 bridgehead atoms. The Hall–Kier alpha value is -3.17. The molecule has 3 aromatic rings. The normalized spacial score (nSPS) is 15.6. The molecule has 1 aliphatic heterocycles. The Bertz CT molecular complexity index is 1100. The van der Waals surface area contributed by atoms with Crippen molar-refractivity contribution in [1.82, 2.24) is 20.4 Å². The number of urea groups is 1. The third-order valence-electron chi connectivity index (χ3n) is 5.11. The summed E-state index contributed by atoms with van der Waals surface area (Å²) < 4.78 is 35.1. The number of carbonyl (C=O) groups is 1. The van der Waals surface area contributed by atoms with E-state index in [0.717, 1.165) is 5.56 Å². The van der Waals surface area contributed by atoms with E-state index in [2.05, 4.69) is 21.0 Å². The smallest absolute Gasteiger partial charge is 0.320 e. The number of nitrogens with one attached hydrogen (secondary N) is 3. The largest absolute Gasteiger partial charge is 0.492 e. The first-order chi connectivity index (χ1) is 15.4. The van der Waals surface area contributed by atoms with E-state index in [1.807, 2.05) is 12.1 Å². The molecule has 0 radical (unpaired) electrons. The second kappa shape index (κ2) is 9.13. The number of rotatable bonds is 6. The van der Waals surface area contributed by atoms with Crippen molar-refractivity contribution in [2.45, 2.75) is 18.4 Å². The lowest BCUT2D eigenvalue weighted by Gasteiger charge is -2.27. The van der Waals surface area contributed by atoms with Crippen molar-refractivity contribution in [3.05, 3.63) is 70.9 Å². The van der Waals surface area contributed by atoms with E-state index in [1.54, 1.807) is 30.5 Å². The second-order valence-electron chi connectivity index (χ2n) is 7.37. The van der Waals surface area contributed by atoms with E-state index in [4.69, 9.17) is 16.3 Å². The molecule has 0 aliphatic carbocycles. The summed E-state index contributed by atoms with van der Waals surface area (Å²) in [5, 5.41) is 12.9. The first kappa shape index (κ1) is 22.0. The third kappa shape index (κ3) is 4.68. The summed E-state index contributed by atoms with van der Waals surface area (Å²) in [5.41, 5.74) is 1.33. The van der Waals surface area contributed by atoms with Crippen molar-refractivity contribution in [2.24, 2.45) is 0 Å². The maximum absolute atomic E-state index is 14.0. The fourth-order valence-electron chi connectivity index (χ4n) is 3.56. The lowest BCUT2D eigenvalue weighted by atomic mass is 10.0. The zero-order valence-corrected chi connectivity index (χ0v) is 18.0. The molecule has 0 unspecified atom stereocenters. The van der Waals surface area contributed by atoms with Gasteiger partial charge in [-0.15, -0.1) is 5.10 Å². The lowest BCUT2D eigenvalue weighted by Crippen LogP contribution is -2.35. The Balaban J connectivity index is 1.41. The van der Waals surface area contributed by atoms with Gasteiger partial charge in [-0.25, -0.2) is 9.48 Å². The SMILES string of the molecule is CNCC(F)(F)c1ccc(-n2ccc(NC(=O)N[C@H]3CCOc4c(Cl)cccc43)n2)cc1. The van der Waals surface area contributed by atoms with Gasteiger partial charge in [-0.3, -0.25) is 5.32 Å². The van der Waals surface area contributed by atoms with Crippen molar-refractivity contribution in [2.75, 3.05) is 25.5 Å². The first-order valence-electron chi connectivity index (χ1n) is 10.0. The molecule has 4 rings (SSSR count). The minimum Gasteiger partial charge on any atom is -0.492 e. The van der Waals surface area contributed by atoms with Crippen LogP contribution in [0.1, 0.15) is 23.6 Å². The third-order valence-corrected chi connectivity index (χ3v) is 5.41. The lowest BCUT2D eigenvalue weighted by molar-refractivity contribution is -0.00125. The summed E-state index contributed by atoms with van der Waals surface area (Å²) in [6.07, 6.45) is 2.25. The molecule has 10 heteroatoms. The van der Waals surface area contributed by atoms with Crippen LogP contribution in [0.4, 0.5) is 19.4 Å². The number of alkyl halides is 2. The Labute approximate surface area is 188 Å². The van der Waals surface area contributed by atoms with Gasteiger partial charge < -0.3 is 15.4 Å². The molecular formula is C22H22ClF2N5O2. The molecule has 2 heterocycles. The van der Waals surface area contributed by atoms with Gasteiger partial charge in [0.05, 0.1) is 29.9 Å². The summed E-state index contributed by atoms with van der Waals surface area (Å²) in [5.74, 6) is -2.06. The van der Waals surface area contributed by atoms with E-state index in [1.165, 1.54) is 23.9 Å². The van der Waals surface area contributed by atoms with E-state index in [-0.39, 0.29) is 11.6 Å². The number of anilines is 1. The number of para-hydroxylation sites is 1. The van der Waals surface area contributed by atoms with Crippen molar-refractivity contribution >= 4 is 23.4 Å². The van der Waals surface area contributed by atoms with Gasteiger partial charge in [-0.05, 0) is 25.2 Å². The number of aromatic nitrogens is 2. The van der Waals surface area contributed by atoms with Crippen LogP contribution in [0.2, 0.25) is 5.02 Å². The molecule has 2 aromatic carbocycles. The maximum atomic E-state index is 14.0. The molecule has 3 N–H and O–H groups in total. The molecule has 7 nitrogen and oxygen atoms in total. The Kier molecular flexibility index (Phi) is 6.29. The van der Waals surface area contributed by atoms with Crippen LogP contribution >= 0.6 is 11.6 Å². The van der Waals surface area contributed by atoms with Gasteiger partial charge in [0, 0.05) is 29.8 Å². The van der Waals surface area contributed by atoms with Gasteiger partial charge in [0.1, 0.15) is 5.75 Å². The number of halogens is 3. The molecule has 0 fully saturated rings. The highest BCUT2D eigenvalue weighted by atomic mass is 35.5. The predicted molar refractivity (Wildman–Crippen MR) is 118 cm³/mol. The van der Waals surface area contributed by atoms with E-state index in [0.29, 0.717) is 35.3 Å². The summed E-state index contributed by atoms with van der Waals surface area (Å²) >= 11 is 6.17. The van der Waals surface area contributed by atoms with Crippen LogP contribution < -0.4 is 20.7 Å². The summed E-state index contributed by atoms with van der Waals surface area (Å²) in [6.45, 7) is 0.000756. The number of fused-ring (bicyclic) bond motifs is 1. The minimum atomic E-state index is -2.96. The zero-order chi connectivity index (χ0) is 22.7. The molecule has 32 heavy (non-hydrogen) atoms. The topological polar surface area (TPSA) is 80.2 Å². The molecular weight excluding hydrogens is 440 g/mol. The van der Waals surface area contributed by atoms with Gasteiger partial charge in [0.2, 0.25) is 0 Å². The number of benzene rings is 2. The molecule has 0 saturated carbocycles. The van der Waals surface area contributed by atoms with Gasteiger partial charge >= 0.3 is 6.03 Å². The average molecular weight is 462 g/mol. The number of hydrogen-bond acceptors (Lipinski definition) is 4.